The molecule has 0 saturated carbocycles. The number of amides is 1. The Hall–Kier alpha value is -1.58. The Labute approximate surface area is 202 Å². The van der Waals surface area contributed by atoms with Gasteiger partial charge in [-0.3, -0.25) is 4.79 Å². The van der Waals surface area contributed by atoms with E-state index in [0.717, 1.165) is 70.9 Å². The molecule has 0 bridgehead atoms. The first-order valence-corrected chi connectivity index (χ1v) is 12.5. The quantitative estimate of drug-likeness (QED) is 0.377. The van der Waals surface area contributed by atoms with Crippen LogP contribution in [0.2, 0.25) is 5.02 Å². The third kappa shape index (κ3) is 7.72. The lowest BCUT2D eigenvalue weighted by atomic mass is 9.94. The van der Waals surface area contributed by atoms with Gasteiger partial charge in [0.05, 0.1) is 30.0 Å². The molecule has 1 aromatic carbocycles. The molecule has 186 valence electrons. The molecular weight excluding hydrogens is 442 g/mol. The number of carbonyl (C=O) groups excluding carboxylic acids is 1. The summed E-state index contributed by atoms with van der Waals surface area (Å²) in [6.07, 6.45) is 6.31. The number of piperidine rings is 2. The summed E-state index contributed by atoms with van der Waals surface area (Å²) < 4.78 is 5.31. The van der Waals surface area contributed by atoms with Crippen LogP contribution in [0.15, 0.2) is 12.1 Å². The van der Waals surface area contributed by atoms with E-state index in [1.807, 2.05) is 0 Å². The first kappa shape index (κ1) is 26.0. The number of nitrogen functional groups attached to an aromatic ring is 1. The lowest BCUT2D eigenvalue weighted by molar-refractivity contribution is 0.0887. The van der Waals surface area contributed by atoms with Gasteiger partial charge in [0.1, 0.15) is 5.75 Å². The number of likely N-dealkylation sites (tertiary alicyclic amines) is 2. The topological polar surface area (TPSA) is 117 Å². The molecule has 3 rings (SSSR count). The first-order chi connectivity index (χ1) is 15.9. The summed E-state index contributed by atoms with van der Waals surface area (Å²) in [6, 6.07) is 3.24. The minimum absolute atomic E-state index is 0.0758. The number of hydrogen-bond acceptors (Lipinski definition) is 7. The molecule has 33 heavy (non-hydrogen) atoms. The van der Waals surface area contributed by atoms with E-state index in [9.17, 15) is 4.79 Å². The Morgan fingerprint density at radius 2 is 1.88 bits per heavy atom. The molecule has 2 aliphatic heterocycles. The highest BCUT2D eigenvalue weighted by Gasteiger charge is 2.26. The summed E-state index contributed by atoms with van der Waals surface area (Å²) in [6.45, 7) is 6.61. The fraction of sp³-hybridized carbons (Fsp3) is 0.708. The van der Waals surface area contributed by atoms with E-state index in [0.29, 0.717) is 22.0 Å². The Kier molecular flexibility index (Phi) is 10.1. The smallest absolute Gasteiger partial charge is 0.255 e. The van der Waals surface area contributed by atoms with Crippen molar-refractivity contribution < 1.29 is 14.6 Å². The number of nitrogens with two attached hydrogens (primary N) is 2. The van der Waals surface area contributed by atoms with Crippen molar-refractivity contribution in [2.24, 2.45) is 11.7 Å². The highest BCUT2D eigenvalue weighted by molar-refractivity contribution is 6.33. The summed E-state index contributed by atoms with van der Waals surface area (Å²) in [5, 5.41) is 12.5. The van der Waals surface area contributed by atoms with Gasteiger partial charge in [0.2, 0.25) is 0 Å². The van der Waals surface area contributed by atoms with Crippen LogP contribution < -0.4 is 21.5 Å². The van der Waals surface area contributed by atoms with Gasteiger partial charge in [0, 0.05) is 37.8 Å². The van der Waals surface area contributed by atoms with Gasteiger partial charge >= 0.3 is 0 Å². The predicted octanol–water partition coefficient (Wildman–Crippen LogP) is 1.94. The second-order valence-corrected chi connectivity index (χ2v) is 9.90. The maximum Gasteiger partial charge on any atom is 0.255 e. The van der Waals surface area contributed by atoms with E-state index in [4.69, 9.17) is 32.9 Å². The van der Waals surface area contributed by atoms with Gasteiger partial charge in [-0.1, -0.05) is 11.6 Å². The van der Waals surface area contributed by atoms with Crippen LogP contribution in [0.3, 0.4) is 0 Å². The fourth-order valence-corrected chi connectivity index (χ4v) is 5.03. The van der Waals surface area contributed by atoms with Crippen LogP contribution in [0.1, 0.15) is 48.9 Å². The first-order valence-electron chi connectivity index (χ1n) is 12.1. The molecule has 0 radical (unpaired) electrons. The highest BCUT2D eigenvalue weighted by atomic mass is 35.5. The number of methoxy groups -OCH3 is 1. The Morgan fingerprint density at radius 1 is 1.21 bits per heavy atom. The van der Waals surface area contributed by atoms with Crippen LogP contribution in [0.4, 0.5) is 5.69 Å². The second kappa shape index (κ2) is 12.8. The lowest BCUT2D eigenvalue weighted by Crippen LogP contribution is -2.47. The van der Waals surface area contributed by atoms with E-state index in [-0.39, 0.29) is 24.6 Å². The van der Waals surface area contributed by atoms with Gasteiger partial charge in [-0.25, -0.2) is 0 Å². The summed E-state index contributed by atoms with van der Waals surface area (Å²) >= 11 is 6.11. The van der Waals surface area contributed by atoms with E-state index in [1.165, 1.54) is 20.0 Å². The van der Waals surface area contributed by atoms with Crippen molar-refractivity contribution in [3.05, 3.63) is 22.7 Å². The van der Waals surface area contributed by atoms with E-state index >= 15 is 0 Å². The molecule has 1 amide bonds. The number of benzene rings is 1. The van der Waals surface area contributed by atoms with Gasteiger partial charge in [-0.15, -0.1) is 0 Å². The van der Waals surface area contributed by atoms with Gasteiger partial charge in [0.15, 0.2) is 0 Å². The number of hydrogen-bond donors (Lipinski definition) is 4. The summed E-state index contributed by atoms with van der Waals surface area (Å²) in [5.41, 5.74) is 12.4. The molecule has 8 nitrogen and oxygen atoms in total. The van der Waals surface area contributed by atoms with Crippen molar-refractivity contribution in [2.45, 2.75) is 50.6 Å². The lowest BCUT2D eigenvalue weighted by Gasteiger charge is -2.38. The van der Waals surface area contributed by atoms with Crippen molar-refractivity contribution in [3.63, 3.8) is 0 Å². The van der Waals surface area contributed by atoms with Gasteiger partial charge in [-0.05, 0) is 70.1 Å². The minimum Gasteiger partial charge on any atom is -0.496 e. The summed E-state index contributed by atoms with van der Waals surface area (Å²) in [5.74, 6) is 1.02. The number of anilines is 1. The average molecular weight is 482 g/mol. The molecule has 1 aromatic rings. The fourth-order valence-electron chi connectivity index (χ4n) is 4.86. The number of ether oxygens (including phenoxy) is 1. The number of aliphatic hydroxyl groups is 1. The molecule has 0 spiro atoms. The van der Waals surface area contributed by atoms with Crippen LogP contribution >= 0.6 is 11.6 Å². The monoisotopic (exact) mass is 481 g/mol. The van der Waals surface area contributed by atoms with Crippen LogP contribution in [0.5, 0.6) is 5.75 Å². The molecule has 1 unspecified atom stereocenters. The molecule has 0 aliphatic carbocycles. The molecular formula is C24H40ClN5O3. The van der Waals surface area contributed by atoms with Crippen molar-refractivity contribution in [1.29, 1.82) is 0 Å². The molecule has 9 heteroatoms. The Bertz CT molecular complexity index is 765. The Balaban J connectivity index is 1.36. The van der Waals surface area contributed by atoms with Gasteiger partial charge < -0.3 is 36.4 Å². The number of aliphatic hydroxyl groups excluding tert-OH is 1. The third-order valence-electron chi connectivity index (χ3n) is 6.99. The Morgan fingerprint density at radius 3 is 2.52 bits per heavy atom. The summed E-state index contributed by atoms with van der Waals surface area (Å²) in [4.78, 5) is 17.9. The largest absolute Gasteiger partial charge is 0.496 e. The zero-order valence-corrected chi connectivity index (χ0v) is 20.5. The number of nitrogens with one attached hydrogen (secondary N) is 1. The number of carbonyl (C=O) groups is 1. The molecule has 2 saturated heterocycles. The molecule has 2 heterocycles. The SMILES string of the molecule is COc1cc(N)c(Cl)cc1C(=O)NC1CCN(CC2CCN(CCCC(N)CO)CC2)CC1. The minimum atomic E-state index is -0.167. The number of halogens is 1. The van der Waals surface area contributed by atoms with Crippen molar-refractivity contribution >= 4 is 23.2 Å². The predicted molar refractivity (Wildman–Crippen MR) is 133 cm³/mol. The van der Waals surface area contributed by atoms with Crippen LogP contribution in [-0.2, 0) is 0 Å². The van der Waals surface area contributed by atoms with E-state index in [2.05, 4.69) is 15.1 Å². The molecule has 6 N–H and O–H groups in total. The molecule has 1 atom stereocenters. The zero-order chi connectivity index (χ0) is 23.8. The summed E-state index contributed by atoms with van der Waals surface area (Å²) in [7, 11) is 1.52. The molecule has 2 fully saturated rings. The van der Waals surface area contributed by atoms with Crippen LogP contribution in [0.25, 0.3) is 0 Å². The van der Waals surface area contributed by atoms with Gasteiger partial charge in [-0.2, -0.15) is 0 Å². The van der Waals surface area contributed by atoms with E-state index < -0.39 is 0 Å². The average Bonchev–Trinajstić information content (AvgIpc) is 2.82. The second-order valence-electron chi connectivity index (χ2n) is 9.49. The maximum atomic E-state index is 12.8. The van der Waals surface area contributed by atoms with Crippen molar-refractivity contribution in [3.8, 4) is 5.75 Å². The van der Waals surface area contributed by atoms with Crippen molar-refractivity contribution in [2.75, 3.05) is 58.7 Å². The highest BCUT2D eigenvalue weighted by Crippen LogP contribution is 2.29. The maximum absolute atomic E-state index is 12.8. The van der Waals surface area contributed by atoms with Gasteiger partial charge in [0.25, 0.3) is 5.91 Å². The standard InChI is InChI=1S/C24H40ClN5O3/c1-33-23-14-22(27)21(25)13-20(23)24(32)28-19-6-11-30(12-7-19)15-17-4-9-29(10-5-17)8-2-3-18(26)16-31/h13-14,17-19,31H,2-12,15-16,26-27H2,1H3,(H,28,32). The zero-order valence-electron chi connectivity index (χ0n) is 19.8. The van der Waals surface area contributed by atoms with Crippen LogP contribution in [0, 0.1) is 5.92 Å². The van der Waals surface area contributed by atoms with Crippen LogP contribution in [-0.4, -0.2) is 85.9 Å². The number of nitrogens with zero attached hydrogens (tertiary/aromatic N) is 2. The normalized spacial score (nSPS) is 20.0. The van der Waals surface area contributed by atoms with Crippen molar-refractivity contribution in [1.82, 2.24) is 15.1 Å². The molecule has 2 aliphatic rings. The number of rotatable bonds is 10. The molecule has 0 aromatic heterocycles. The third-order valence-corrected chi connectivity index (χ3v) is 7.32. The van der Waals surface area contributed by atoms with E-state index in [1.54, 1.807) is 12.1 Å².